The Hall–Kier alpha value is -1.52. The van der Waals surface area contributed by atoms with Crippen LogP contribution < -0.4 is 5.32 Å². The number of nitrogens with one attached hydrogen (secondary N) is 1. The fourth-order valence-electron chi connectivity index (χ4n) is 1.73. The van der Waals surface area contributed by atoms with Crippen molar-refractivity contribution in [3.05, 3.63) is 52.0 Å². The second-order valence-electron chi connectivity index (χ2n) is 4.06. The molecule has 0 unspecified atom stereocenters. The van der Waals surface area contributed by atoms with Gasteiger partial charge in [0, 0.05) is 32.4 Å². The third-order valence-corrected chi connectivity index (χ3v) is 3.37. The normalized spacial score (nSPS) is 10.5. The average Bonchev–Trinajstić information content (AvgIpc) is 2.75. The number of aryl methyl sites for hydroxylation is 1. The van der Waals surface area contributed by atoms with Crippen molar-refractivity contribution in [3.8, 4) is 0 Å². The summed E-state index contributed by atoms with van der Waals surface area (Å²) in [4.78, 5) is 16.2. The molecule has 0 radical (unpaired) electrons. The van der Waals surface area contributed by atoms with Crippen LogP contribution in [0, 0.1) is 0 Å². The molecule has 4 nitrogen and oxygen atoms in total. The smallest absolute Gasteiger partial charge is 0.254 e. The van der Waals surface area contributed by atoms with Crippen LogP contribution in [-0.4, -0.2) is 22.0 Å². The van der Waals surface area contributed by atoms with E-state index in [-0.39, 0.29) is 5.91 Å². The summed E-state index contributed by atoms with van der Waals surface area (Å²) in [7, 11) is 1.91. The maximum atomic E-state index is 12.0. The van der Waals surface area contributed by atoms with E-state index in [9.17, 15) is 4.79 Å². The molecule has 0 atom stereocenters. The molecule has 0 bridgehead atoms. The molecular weight excluding hydrogens is 285 g/mol. The quantitative estimate of drug-likeness (QED) is 0.943. The summed E-state index contributed by atoms with van der Waals surface area (Å²) in [6.07, 6.45) is 4.24. The molecule has 2 rings (SSSR count). The van der Waals surface area contributed by atoms with Crippen molar-refractivity contribution in [2.45, 2.75) is 6.42 Å². The van der Waals surface area contributed by atoms with Crippen molar-refractivity contribution < 1.29 is 4.79 Å². The zero-order valence-corrected chi connectivity index (χ0v) is 11.9. The second kappa shape index (κ2) is 6.08. The fraction of sp³-hybridized carbons (Fsp3) is 0.231. The van der Waals surface area contributed by atoms with Gasteiger partial charge in [-0.1, -0.05) is 29.3 Å². The van der Waals surface area contributed by atoms with E-state index in [0.717, 1.165) is 5.82 Å². The summed E-state index contributed by atoms with van der Waals surface area (Å²) in [6, 6.07) is 4.98. The molecule has 0 saturated carbocycles. The number of halogens is 2. The molecule has 100 valence electrons. The second-order valence-corrected chi connectivity index (χ2v) is 4.87. The van der Waals surface area contributed by atoms with Gasteiger partial charge in [0.15, 0.2) is 0 Å². The van der Waals surface area contributed by atoms with Crippen LogP contribution in [0.2, 0.25) is 10.0 Å². The molecule has 0 aliphatic rings. The third-order valence-electron chi connectivity index (χ3n) is 2.74. The molecule has 1 aromatic carbocycles. The first-order chi connectivity index (χ1) is 9.09. The fourth-order valence-corrected chi connectivity index (χ4v) is 2.30. The lowest BCUT2D eigenvalue weighted by atomic mass is 10.2. The van der Waals surface area contributed by atoms with Crippen molar-refractivity contribution in [2.24, 2.45) is 7.05 Å². The summed E-state index contributed by atoms with van der Waals surface area (Å²) >= 11 is 11.9. The molecule has 0 saturated heterocycles. The van der Waals surface area contributed by atoms with Gasteiger partial charge in [-0.15, -0.1) is 0 Å². The molecule has 0 fully saturated rings. The van der Waals surface area contributed by atoms with E-state index in [4.69, 9.17) is 23.2 Å². The Balaban J connectivity index is 1.97. The number of amides is 1. The average molecular weight is 298 g/mol. The van der Waals surface area contributed by atoms with Crippen molar-refractivity contribution >= 4 is 29.1 Å². The highest BCUT2D eigenvalue weighted by Gasteiger charge is 2.13. The number of aromatic nitrogens is 2. The van der Waals surface area contributed by atoms with Gasteiger partial charge >= 0.3 is 0 Å². The van der Waals surface area contributed by atoms with E-state index in [0.29, 0.717) is 28.6 Å². The van der Waals surface area contributed by atoms with Gasteiger partial charge < -0.3 is 9.88 Å². The van der Waals surface area contributed by atoms with Crippen LogP contribution in [0.4, 0.5) is 0 Å². The molecule has 2 aromatic rings. The topological polar surface area (TPSA) is 46.9 Å². The van der Waals surface area contributed by atoms with E-state index in [1.54, 1.807) is 24.4 Å². The first-order valence-corrected chi connectivity index (χ1v) is 6.53. The first kappa shape index (κ1) is 13.9. The van der Waals surface area contributed by atoms with E-state index in [2.05, 4.69) is 10.3 Å². The molecule has 1 N–H and O–H groups in total. The summed E-state index contributed by atoms with van der Waals surface area (Å²) in [5.41, 5.74) is 0.311. The van der Waals surface area contributed by atoms with Crippen LogP contribution in [-0.2, 0) is 13.5 Å². The number of rotatable bonds is 4. The lowest BCUT2D eigenvalue weighted by Crippen LogP contribution is -2.26. The molecule has 0 spiro atoms. The standard InChI is InChI=1S/C13H13Cl2N3O/c1-18-8-7-16-11(18)5-6-17-13(19)12-9(14)3-2-4-10(12)15/h2-4,7-8H,5-6H2,1H3,(H,17,19). The van der Waals surface area contributed by atoms with Crippen molar-refractivity contribution in [1.29, 1.82) is 0 Å². The zero-order chi connectivity index (χ0) is 13.8. The molecule has 1 aromatic heterocycles. The van der Waals surface area contributed by atoms with Crippen LogP contribution >= 0.6 is 23.2 Å². The predicted molar refractivity (Wildman–Crippen MR) is 75.7 cm³/mol. The van der Waals surface area contributed by atoms with Crippen LogP contribution in [0.15, 0.2) is 30.6 Å². The minimum absolute atomic E-state index is 0.273. The lowest BCUT2D eigenvalue weighted by Gasteiger charge is -2.08. The number of benzene rings is 1. The Morgan fingerprint density at radius 2 is 2.05 bits per heavy atom. The van der Waals surface area contributed by atoms with Crippen molar-refractivity contribution in [3.63, 3.8) is 0 Å². The first-order valence-electron chi connectivity index (χ1n) is 5.78. The van der Waals surface area contributed by atoms with E-state index < -0.39 is 0 Å². The van der Waals surface area contributed by atoms with Gasteiger partial charge in [-0.2, -0.15) is 0 Å². The minimum atomic E-state index is -0.273. The number of hydrogen-bond acceptors (Lipinski definition) is 2. The molecule has 1 heterocycles. The van der Waals surface area contributed by atoms with Gasteiger partial charge in [-0.05, 0) is 12.1 Å². The molecule has 6 heteroatoms. The summed E-state index contributed by atoms with van der Waals surface area (Å²) < 4.78 is 1.91. The molecule has 19 heavy (non-hydrogen) atoms. The summed E-state index contributed by atoms with van der Waals surface area (Å²) in [6.45, 7) is 0.477. The van der Waals surface area contributed by atoms with Crippen molar-refractivity contribution in [1.82, 2.24) is 14.9 Å². The predicted octanol–water partition coefficient (Wildman–Crippen LogP) is 2.70. The highest BCUT2D eigenvalue weighted by atomic mass is 35.5. The van der Waals surface area contributed by atoms with Gasteiger partial charge in [-0.3, -0.25) is 4.79 Å². The number of nitrogens with zero attached hydrogens (tertiary/aromatic N) is 2. The van der Waals surface area contributed by atoms with Crippen LogP contribution in [0.25, 0.3) is 0 Å². The van der Waals surface area contributed by atoms with E-state index >= 15 is 0 Å². The summed E-state index contributed by atoms with van der Waals surface area (Å²) in [5, 5.41) is 3.48. The van der Waals surface area contributed by atoms with Crippen molar-refractivity contribution in [2.75, 3.05) is 6.54 Å². The monoisotopic (exact) mass is 297 g/mol. The van der Waals surface area contributed by atoms with E-state index in [1.165, 1.54) is 0 Å². The number of carbonyl (C=O) groups excluding carboxylic acids is 1. The minimum Gasteiger partial charge on any atom is -0.351 e. The Kier molecular flexibility index (Phi) is 4.45. The summed E-state index contributed by atoms with van der Waals surface area (Å²) in [5.74, 6) is 0.635. The largest absolute Gasteiger partial charge is 0.351 e. The lowest BCUT2D eigenvalue weighted by molar-refractivity contribution is 0.0954. The number of carbonyl (C=O) groups is 1. The van der Waals surface area contributed by atoms with Gasteiger partial charge in [0.1, 0.15) is 5.82 Å². The highest BCUT2D eigenvalue weighted by Crippen LogP contribution is 2.23. The van der Waals surface area contributed by atoms with Gasteiger partial charge in [-0.25, -0.2) is 4.98 Å². The zero-order valence-electron chi connectivity index (χ0n) is 10.4. The van der Waals surface area contributed by atoms with Crippen LogP contribution in [0.1, 0.15) is 16.2 Å². The number of hydrogen-bond donors (Lipinski definition) is 1. The highest BCUT2D eigenvalue weighted by molar-refractivity contribution is 6.39. The maximum Gasteiger partial charge on any atom is 0.254 e. The Morgan fingerprint density at radius 1 is 1.37 bits per heavy atom. The Labute approximate surface area is 121 Å². The Bertz CT molecular complexity index is 575. The van der Waals surface area contributed by atoms with Gasteiger partial charge in [0.05, 0.1) is 15.6 Å². The van der Waals surface area contributed by atoms with Gasteiger partial charge in [0.2, 0.25) is 0 Å². The molecule has 0 aliphatic carbocycles. The molecule has 0 aliphatic heterocycles. The maximum absolute atomic E-state index is 12.0. The third kappa shape index (κ3) is 3.28. The SMILES string of the molecule is Cn1ccnc1CCNC(=O)c1c(Cl)cccc1Cl. The molecular formula is C13H13Cl2N3O. The molecule has 1 amide bonds. The Morgan fingerprint density at radius 3 is 2.63 bits per heavy atom. The number of imidazole rings is 1. The van der Waals surface area contributed by atoms with Crippen LogP contribution in [0.5, 0.6) is 0 Å². The van der Waals surface area contributed by atoms with Crippen LogP contribution in [0.3, 0.4) is 0 Å². The van der Waals surface area contributed by atoms with Gasteiger partial charge in [0.25, 0.3) is 5.91 Å². The van der Waals surface area contributed by atoms with E-state index in [1.807, 2.05) is 17.8 Å².